The lowest BCUT2D eigenvalue weighted by Crippen LogP contribution is -2.45. The third-order valence-electron chi connectivity index (χ3n) is 3.04. The van der Waals surface area contributed by atoms with Gasteiger partial charge in [0.05, 0.1) is 0 Å². The quantitative estimate of drug-likeness (QED) is 0.786. The molecule has 2 heterocycles. The van der Waals surface area contributed by atoms with Crippen LogP contribution in [0.4, 0.5) is 5.82 Å². The molecule has 0 aliphatic carbocycles. The number of piperidine rings is 1. The zero-order valence-corrected chi connectivity index (χ0v) is 10.9. The summed E-state index contributed by atoms with van der Waals surface area (Å²) in [7, 11) is -3.09. The van der Waals surface area contributed by atoms with Gasteiger partial charge < -0.3 is 4.90 Å². The van der Waals surface area contributed by atoms with Crippen molar-refractivity contribution >= 4 is 15.7 Å². The Balaban J connectivity index is 2.38. The van der Waals surface area contributed by atoms with Crippen molar-refractivity contribution in [1.29, 1.82) is 0 Å². The molecule has 1 aliphatic heterocycles. The lowest BCUT2D eigenvalue weighted by atomic mass is 10.1. The SMILES string of the molecule is Cc1cn[c]nc1N1CCCCC1S(C)(=O)=O. The largest absolute Gasteiger partial charge is 0.339 e. The Morgan fingerprint density at radius 2 is 2.24 bits per heavy atom. The van der Waals surface area contributed by atoms with E-state index in [-0.39, 0.29) is 0 Å². The molecule has 5 nitrogen and oxygen atoms in total. The fraction of sp³-hybridized carbons (Fsp3) is 0.636. The highest BCUT2D eigenvalue weighted by molar-refractivity contribution is 7.91. The van der Waals surface area contributed by atoms with Crippen LogP contribution in [0, 0.1) is 13.3 Å². The van der Waals surface area contributed by atoms with Crippen molar-refractivity contribution < 1.29 is 8.42 Å². The number of anilines is 1. The van der Waals surface area contributed by atoms with Crippen molar-refractivity contribution in [3.05, 3.63) is 18.1 Å². The summed E-state index contributed by atoms with van der Waals surface area (Å²) in [6.45, 7) is 2.61. The number of hydrogen-bond acceptors (Lipinski definition) is 5. The molecule has 1 saturated heterocycles. The molecule has 0 bridgehead atoms. The molecule has 1 unspecified atom stereocenters. The molecule has 2 rings (SSSR count). The van der Waals surface area contributed by atoms with Gasteiger partial charge in [-0.15, -0.1) is 0 Å². The van der Waals surface area contributed by atoms with Crippen molar-refractivity contribution in [3.63, 3.8) is 0 Å². The second-order valence-electron chi connectivity index (χ2n) is 4.45. The average Bonchev–Trinajstić information content (AvgIpc) is 2.28. The van der Waals surface area contributed by atoms with E-state index >= 15 is 0 Å². The lowest BCUT2D eigenvalue weighted by Gasteiger charge is -2.35. The first-order chi connectivity index (χ1) is 8.00. The third kappa shape index (κ3) is 2.57. The summed E-state index contributed by atoms with van der Waals surface area (Å²) in [5.41, 5.74) is 0.888. The van der Waals surface area contributed by atoms with E-state index in [0.717, 1.165) is 24.9 Å². The first kappa shape index (κ1) is 12.3. The highest BCUT2D eigenvalue weighted by atomic mass is 32.2. The molecule has 6 heteroatoms. The molecular weight excluding hydrogens is 238 g/mol. The maximum atomic E-state index is 11.8. The van der Waals surface area contributed by atoms with Crippen molar-refractivity contribution in [2.45, 2.75) is 31.6 Å². The van der Waals surface area contributed by atoms with E-state index in [2.05, 4.69) is 16.3 Å². The van der Waals surface area contributed by atoms with E-state index in [9.17, 15) is 8.42 Å². The highest BCUT2D eigenvalue weighted by Crippen LogP contribution is 2.27. The summed E-state index contributed by atoms with van der Waals surface area (Å²) < 4.78 is 23.6. The van der Waals surface area contributed by atoms with Crippen molar-refractivity contribution in [1.82, 2.24) is 9.97 Å². The molecule has 1 aromatic rings. The predicted octanol–water partition coefficient (Wildman–Crippen LogP) is 0.946. The number of rotatable bonds is 2. The van der Waals surface area contributed by atoms with Gasteiger partial charge in [0.1, 0.15) is 11.2 Å². The van der Waals surface area contributed by atoms with Gasteiger partial charge in [-0.1, -0.05) is 0 Å². The molecule has 1 fully saturated rings. The van der Waals surface area contributed by atoms with Gasteiger partial charge in [-0.25, -0.2) is 18.4 Å². The Morgan fingerprint density at radius 3 is 2.88 bits per heavy atom. The summed E-state index contributed by atoms with van der Waals surface area (Å²) in [4.78, 5) is 9.77. The molecule has 0 aromatic carbocycles. The second-order valence-corrected chi connectivity index (χ2v) is 6.65. The smallest absolute Gasteiger partial charge is 0.199 e. The van der Waals surface area contributed by atoms with Crippen LogP contribution in [0.15, 0.2) is 6.20 Å². The highest BCUT2D eigenvalue weighted by Gasteiger charge is 2.32. The summed E-state index contributed by atoms with van der Waals surface area (Å²) in [6, 6.07) is 0. The van der Waals surface area contributed by atoms with Crippen LogP contribution in [0.1, 0.15) is 24.8 Å². The van der Waals surface area contributed by atoms with Crippen LogP contribution in [-0.2, 0) is 9.84 Å². The van der Waals surface area contributed by atoms with Gasteiger partial charge >= 0.3 is 0 Å². The molecule has 0 N–H and O–H groups in total. The van der Waals surface area contributed by atoms with E-state index in [4.69, 9.17) is 0 Å². The molecule has 0 amide bonds. The van der Waals surface area contributed by atoms with Gasteiger partial charge in [0, 0.05) is 24.6 Å². The minimum atomic E-state index is -3.09. The fourth-order valence-corrected chi connectivity index (χ4v) is 3.49. The molecule has 1 radical (unpaired) electrons. The van der Waals surface area contributed by atoms with Crippen LogP contribution in [0.25, 0.3) is 0 Å². The topological polar surface area (TPSA) is 63.2 Å². The molecule has 93 valence electrons. The minimum Gasteiger partial charge on any atom is -0.339 e. The Kier molecular flexibility index (Phi) is 3.33. The number of sulfone groups is 1. The van der Waals surface area contributed by atoms with Crippen LogP contribution >= 0.6 is 0 Å². The van der Waals surface area contributed by atoms with Gasteiger partial charge in [-0.05, 0) is 26.2 Å². The number of aryl methyl sites for hydroxylation is 1. The van der Waals surface area contributed by atoms with E-state index in [1.165, 1.54) is 6.26 Å². The van der Waals surface area contributed by atoms with Crippen molar-refractivity contribution in [3.8, 4) is 0 Å². The molecule has 0 saturated carbocycles. The average molecular weight is 254 g/mol. The van der Waals surface area contributed by atoms with Crippen LogP contribution in [0.5, 0.6) is 0 Å². The summed E-state index contributed by atoms with van der Waals surface area (Å²) in [5.74, 6) is 0.690. The van der Waals surface area contributed by atoms with Gasteiger partial charge in [-0.2, -0.15) is 0 Å². The zero-order valence-electron chi connectivity index (χ0n) is 10.0. The van der Waals surface area contributed by atoms with Crippen molar-refractivity contribution in [2.24, 2.45) is 0 Å². The number of aromatic nitrogens is 2. The Labute approximate surface area is 102 Å². The molecule has 1 atom stereocenters. The summed E-state index contributed by atoms with van der Waals surface area (Å²) in [6.07, 6.45) is 8.10. The van der Waals surface area contributed by atoms with Crippen LogP contribution in [0.3, 0.4) is 0 Å². The first-order valence-electron chi connectivity index (χ1n) is 5.65. The predicted molar refractivity (Wildman–Crippen MR) is 65.4 cm³/mol. The third-order valence-corrected chi connectivity index (χ3v) is 4.52. The van der Waals surface area contributed by atoms with Gasteiger partial charge in [0.15, 0.2) is 16.2 Å². The van der Waals surface area contributed by atoms with Gasteiger partial charge in [0.2, 0.25) is 0 Å². The maximum Gasteiger partial charge on any atom is 0.199 e. The maximum absolute atomic E-state index is 11.8. The second kappa shape index (κ2) is 4.60. The van der Waals surface area contributed by atoms with Crippen LogP contribution < -0.4 is 4.90 Å². The minimum absolute atomic E-state index is 0.460. The number of hydrogen-bond donors (Lipinski definition) is 0. The standard InChI is InChI=1S/C11H16N3O2S/c1-9-7-12-8-13-11(9)14-6-4-3-5-10(14)17(2,15)16/h7,10H,3-6H2,1-2H3. The van der Waals surface area contributed by atoms with Gasteiger partial charge in [-0.3, -0.25) is 0 Å². The Morgan fingerprint density at radius 1 is 1.47 bits per heavy atom. The Hall–Kier alpha value is -1.17. The zero-order chi connectivity index (χ0) is 12.5. The molecule has 0 spiro atoms. The molecule has 1 aliphatic rings. The van der Waals surface area contributed by atoms with E-state index < -0.39 is 15.2 Å². The monoisotopic (exact) mass is 254 g/mol. The summed E-state index contributed by atoms with van der Waals surface area (Å²) in [5, 5.41) is -0.460. The molecule has 1 aromatic heterocycles. The van der Waals surface area contributed by atoms with Gasteiger partial charge in [0.25, 0.3) is 0 Å². The fourth-order valence-electron chi connectivity index (χ4n) is 2.23. The van der Waals surface area contributed by atoms with E-state index in [0.29, 0.717) is 12.2 Å². The normalized spacial score (nSPS) is 21.5. The van der Waals surface area contributed by atoms with Crippen molar-refractivity contribution in [2.75, 3.05) is 17.7 Å². The van der Waals surface area contributed by atoms with Crippen LogP contribution in [-0.4, -0.2) is 36.6 Å². The van der Waals surface area contributed by atoms with E-state index in [1.807, 2.05) is 11.8 Å². The van der Waals surface area contributed by atoms with E-state index in [1.54, 1.807) is 6.20 Å². The summed E-state index contributed by atoms with van der Waals surface area (Å²) >= 11 is 0. The number of nitrogens with zero attached hydrogens (tertiary/aromatic N) is 3. The Bertz CT molecular complexity index is 501. The molecule has 17 heavy (non-hydrogen) atoms. The lowest BCUT2D eigenvalue weighted by molar-refractivity contribution is 0.507. The van der Waals surface area contributed by atoms with Crippen LogP contribution in [0.2, 0.25) is 0 Å². The first-order valence-corrected chi connectivity index (χ1v) is 7.61. The molecular formula is C11H16N3O2S.